The molecular formula is C35H63N5O10. The van der Waals surface area contributed by atoms with Gasteiger partial charge in [0.25, 0.3) is 0 Å². The molecule has 50 heavy (non-hydrogen) atoms. The number of esters is 3. The van der Waals surface area contributed by atoms with Gasteiger partial charge < -0.3 is 24.6 Å². The largest absolute Gasteiger partial charge is 0.481 e. The van der Waals surface area contributed by atoms with Gasteiger partial charge in [-0.3, -0.25) is 48.4 Å². The zero-order valence-corrected chi connectivity index (χ0v) is 31.9. The van der Waals surface area contributed by atoms with Crippen LogP contribution in [0.2, 0.25) is 0 Å². The number of carboxylic acid groups (broad SMARTS) is 1. The lowest BCUT2D eigenvalue weighted by Gasteiger charge is -2.34. The molecule has 1 amide bonds. The Morgan fingerprint density at radius 1 is 0.520 bits per heavy atom. The summed E-state index contributed by atoms with van der Waals surface area (Å²) in [4.78, 5) is 82.0. The molecule has 0 radical (unpaired) electrons. The van der Waals surface area contributed by atoms with Crippen LogP contribution in [0.4, 0.5) is 0 Å². The van der Waals surface area contributed by atoms with E-state index in [0.29, 0.717) is 58.8 Å². The Hall–Kier alpha value is -3.14. The number of carbonyl (C=O) groups excluding carboxylic acids is 5. The van der Waals surface area contributed by atoms with Gasteiger partial charge in [-0.25, -0.2) is 0 Å². The number of nitrogens with one attached hydrogen (secondary N) is 1. The number of amides is 1. The molecule has 2 N–H and O–H groups in total. The number of nitrogens with zero attached hydrogens (tertiary/aromatic N) is 4. The van der Waals surface area contributed by atoms with Gasteiger partial charge in [-0.15, -0.1) is 0 Å². The first-order valence-electron chi connectivity index (χ1n) is 17.5. The molecule has 0 unspecified atom stereocenters. The first kappa shape index (κ1) is 44.9. The molecule has 1 rings (SSSR count). The maximum absolute atomic E-state index is 13.1. The standard InChI is InChI=1S/C35H63N5O10/c1-33(2,3)48-30(45)24-38-17-15-37(23-27(41)11-10-14-36-28(42)12-13-29(43)44)16-18-39(25-31(46)49-34(4,5)6)20-22-40(21-19-38)26-32(47)50-35(7,8)9/h10-26H2,1-9H3,(H,36,42)(H,43,44). The number of ether oxygens (including phenoxy) is 3. The molecule has 15 nitrogen and oxygen atoms in total. The van der Waals surface area contributed by atoms with Crippen molar-refractivity contribution in [3.05, 3.63) is 0 Å². The van der Waals surface area contributed by atoms with Crippen LogP contribution in [0.1, 0.15) is 88.0 Å². The van der Waals surface area contributed by atoms with Crippen molar-refractivity contribution < 1.29 is 48.1 Å². The molecule has 288 valence electrons. The third kappa shape index (κ3) is 24.1. The summed E-state index contributed by atoms with van der Waals surface area (Å²) in [6.07, 6.45) is 0.264. The van der Waals surface area contributed by atoms with Gasteiger partial charge in [0, 0.05) is 71.7 Å². The molecule has 0 aromatic rings. The Kier molecular flexibility index (Phi) is 19.1. The van der Waals surface area contributed by atoms with Gasteiger partial charge in [-0.05, 0) is 68.7 Å². The van der Waals surface area contributed by atoms with Crippen LogP contribution >= 0.6 is 0 Å². The van der Waals surface area contributed by atoms with Crippen LogP contribution in [-0.4, -0.2) is 162 Å². The number of Topliss-reactive ketones (excluding diaryl/α,β-unsaturated/α-hetero) is 1. The van der Waals surface area contributed by atoms with Crippen molar-refractivity contribution in [2.75, 3.05) is 85.1 Å². The summed E-state index contributed by atoms with van der Waals surface area (Å²) in [7, 11) is 0. The number of aliphatic carboxylic acids is 1. The van der Waals surface area contributed by atoms with Crippen LogP contribution in [0.25, 0.3) is 0 Å². The van der Waals surface area contributed by atoms with E-state index >= 15 is 0 Å². The van der Waals surface area contributed by atoms with Crippen LogP contribution in [-0.2, 0) is 43.0 Å². The van der Waals surface area contributed by atoms with E-state index in [9.17, 15) is 28.8 Å². The molecule has 1 aliphatic heterocycles. The Morgan fingerprint density at radius 3 is 1.14 bits per heavy atom. The molecule has 0 bridgehead atoms. The Bertz CT molecular complexity index is 1080. The molecule has 0 spiro atoms. The fourth-order valence-electron chi connectivity index (χ4n) is 5.03. The maximum Gasteiger partial charge on any atom is 0.320 e. The maximum atomic E-state index is 13.1. The molecule has 0 aromatic heterocycles. The first-order chi connectivity index (χ1) is 23.0. The van der Waals surface area contributed by atoms with Crippen molar-refractivity contribution in [2.24, 2.45) is 0 Å². The van der Waals surface area contributed by atoms with Crippen molar-refractivity contribution >= 4 is 35.6 Å². The molecule has 0 aromatic carbocycles. The van der Waals surface area contributed by atoms with Crippen LogP contribution < -0.4 is 5.32 Å². The molecule has 1 saturated heterocycles. The number of hydrogen-bond acceptors (Lipinski definition) is 13. The van der Waals surface area contributed by atoms with E-state index in [1.54, 1.807) is 0 Å². The second kappa shape index (κ2) is 21.3. The van der Waals surface area contributed by atoms with Crippen molar-refractivity contribution in [1.29, 1.82) is 0 Å². The lowest BCUT2D eigenvalue weighted by molar-refractivity contribution is -0.158. The quantitative estimate of drug-likeness (QED) is 0.142. The van der Waals surface area contributed by atoms with Gasteiger partial charge in [0.2, 0.25) is 5.91 Å². The number of carbonyl (C=O) groups is 6. The predicted molar refractivity (Wildman–Crippen MR) is 187 cm³/mol. The topological polar surface area (TPSA) is 175 Å². The molecule has 1 fully saturated rings. The predicted octanol–water partition coefficient (Wildman–Crippen LogP) is 1.56. The third-order valence-electron chi connectivity index (χ3n) is 7.17. The van der Waals surface area contributed by atoms with E-state index in [-0.39, 0.29) is 81.6 Å². The van der Waals surface area contributed by atoms with Crippen molar-refractivity contribution in [3.63, 3.8) is 0 Å². The summed E-state index contributed by atoms with van der Waals surface area (Å²) in [5.74, 6) is -2.57. The molecule has 15 heteroatoms. The first-order valence-corrected chi connectivity index (χ1v) is 17.5. The van der Waals surface area contributed by atoms with E-state index in [1.165, 1.54) is 0 Å². The highest BCUT2D eigenvalue weighted by atomic mass is 16.6. The molecule has 1 heterocycles. The van der Waals surface area contributed by atoms with Crippen molar-refractivity contribution in [2.45, 2.75) is 105 Å². The zero-order chi connectivity index (χ0) is 38.1. The SMILES string of the molecule is CC(C)(C)OC(=O)CN1CCN(CC(=O)CCCNC(=O)CCC(=O)O)CCN(CC(=O)OC(C)(C)C)CCN(CC(=O)OC(C)(C)C)CC1. The van der Waals surface area contributed by atoms with Gasteiger partial charge >= 0.3 is 23.9 Å². The molecule has 1 aliphatic rings. The normalized spacial score (nSPS) is 16.8. The lowest BCUT2D eigenvalue weighted by atomic mass is 10.2. The van der Waals surface area contributed by atoms with E-state index in [2.05, 4.69) is 5.32 Å². The molecule has 0 atom stereocenters. The Balaban J connectivity index is 3.12. The minimum Gasteiger partial charge on any atom is -0.481 e. The molecule has 0 aliphatic carbocycles. The van der Waals surface area contributed by atoms with Crippen LogP contribution in [0.3, 0.4) is 0 Å². The summed E-state index contributed by atoms with van der Waals surface area (Å²) >= 11 is 0. The van der Waals surface area contributed by atoms with Gasteiger partial charge in [-0.2, -0.15) is 0 Å². The summed E-state index contributed by atoms with van der Waals surface area (Å²) in [5, 5.41) is 11.4. The van der Waals surface area contributed by atoms with Crippen molar-refractivity contribution in [1.82, 2.24) is 24.9 Å². The van der Waals surface area contributed by atoms with Gasteiger partial charge in [0.05, 0.1) is 32.6 Å². The zero-order valence-electron chi connectivity index (χ0n) is 31.9. The summed E-state index contributed by atoms with van der Waals surface area (Å²) in [6, 6.07) is 0. The van der Waals surface area contributed by atoms with Gasteiger partial charge in [0.15, 0.2) is 0 Å². The van der Waals surface area contributed by atoms with E-state index in [4.69, 9.17) is 19.3 Å². The average Bonchev–Trinajstić information content (AvgIpc) is 2.92. The monoisotopic (exact) mass is 713 g/mol. The number of carboxylic acids is 1. The molecule has 0 saturated carbocycles. The minimum absolute atomic E-state index is 0.0298. The summed E-state index contributed by atoms with van der Waals surface area (Å²) < 4.78 is 16.8. The van der Waals surface area contributed by atoms with Crippen molar-refractivity contribution in [3.8, 4) is 0 Å². The van der Waals surface area contributed by atoms with E-state index < -0.39 is 22.8 Å². The fraction of sp³-hybridized carbons (Fsp3) is 0.829. The highest BCUT2D eigenvalue weighted by Crippen LogP contribution is 2.11. The number of hydrogen-bond donors (Lipinski definition) is 2. The lowest BCUT2D eigenvalue weighted by Crippen LogP contribution is -2.50. The van der Waals surface area contributed by atoms with Crippen LogP contribution in [0.5, 0.6) is 0 Å². The number of ketones is 1. The van der Waals surface area contributed by atoms with Crippen LogP contribution in [0, 0.1) is 0 Å². The number of rotatable bonds is 15. The van der Waals surface area contributed by atoms with E-state index in [0.717, 1.165) is 0 Å². The minimum atomic E-state index is -1.05. The average molecular weight is 714 g/mol. The summed E-state index contributed by atoms with van der Waals surface area (Å²) in [6.45, 7) is 20.3. The second-order valence-electron chi connectivity index (χ2n) is 15.7. The molecular weight excluding hydrogens is 650 g/mol. The highest BCUT2D eigenvalue weighted by molar-refractivity contribution is 5.81. The third-order valence-corrected chi connectivity index (χ3v) is 7.17. The van der Waals surface area contributed by atoms with Gasteiger partial charge in [-0.1, -0.05) is 0 Å². The Morgan fingerprint density at radius 2 is 0.840 bits per heavy atom. The van der Waals surface area contributed by atoms with Crippen LogP contribution in [0.15, 0.2) is 0 Å². The summed E-state index contributed by atoms with van der Waals surface area (Å²) in [5.41, 5.74) is -1.96. The Labute approximate surface area is 298 Å². The van der Waals surface area contributed by atoms with E-state index in [1.807, 2.05) is 81.9 Å². The smallest absolute Gasteiger partial charge is 0.320 e. The fourth-order valence-corrected chi connectivity index (χ4v) is 5.03. The van der Waals surface area contributed by atoms with Gasteiger partial charge in [0.1, 0.15) is 22.6 Å². The highest BCUT2D eigenvalue weighted by Gasteiger charge is 2.26. The second-order valence-corrected chi connectivity index (χ2v) is 15.7.